The first kappa shape index (κ1) is 21.8. The minimum absolute atomic E-state index is 0.0144. The Morgan fingerprint density at radius 1 is 1.13 bits per heavy atom. The fraction of sp³-hybridized carbons (Fsp3) is 0.667. The van der Waals surface area contributed by atoms with Crippen molar-refractivity contribution in [3.8, 4) is 6.07 Å². The number of piperazine rings is 1. The van der Waals surface area contributed by atoms with Gasteiger partial charge in [0, 0.05) is 51.3 Å². The summed E-state index contributed by atoms with van der Waals surface area (Å²) in [7, 11) is 0. The van der Waals surface area contributed by atoms with E-state index in [0.717, 1.165) is 70.5 Å². The van der Waals surface area contributed by atoms with Crippen molar-refractivity contribution in [1.29, 1.82) is 5.26 Å². The van der Waals surface area contributed by atoms with Gasteiger partial charge < -0.3 is 4.90 Å². The third kappa shape index (κ3) is 4.74. The zero-order valence-electron chi connectivity index (χ0n) is 18.6. The molecule has 3 fully saturated rings. The Morgan fingerprint density at radius 3 is 2.52 bits per heavy atom. The van der Waals surface area contributed by atoms with Gasteiger partial charge in [-0.25, -0.2) is 4.98 Å². The number of likely N-dealkylation sites (tertiary alicyclic amines) is 1. The summed E-state index contributed by atoms with van der Waals surface area (Å²) in [5, 5.41) is 9.36. The van der Waals surface area contributed by atoms with Gasteiger partial charge in [0.25, 0.3) is 0 Å². The molecule has 0 bridgehead atoms. The van der Waals surface area contributed by atoms with E-state index >= 15 is 0 Å². The molecular formula is C24H33N5O2. The van der Waals surface area contributed by atoms with Gasteiger partial charge in [0.2, 0.25) is 11.8 Å². The van der Waals surface area contributed by atoms with Gasteiger partial charge in [-0.2, -0.15) is 5.26 Å². The average molecular weight is 424 g/mol. The average Bonchev–Trinajstić information content (AvgIpc) is 3.20. The summed E-state index contributed by atoms with van der Waals surface area (Å²) in [6.45, 7) is 6.39. The molecule has 1 spiro atoms. The molecule has 3 heterocycles. The number of rotatable bonds is 6. The molecule has 0 aromatic carbocycles. The lowest BCUT2D eigenvalue weighted by atomic mass is 9.76. The highest BCUT2D eigenvalue weighted by molar-refractivity contribution is 5.98. The monoisotopic (exact) mass is 423 g/mol. The number of unbranched alkanes of at least 4 members (excludes halogenated alkanes) is 1. The number of hydrogen-bond acceptors (Lipinski definition) is 6. The maximum Gasteiger partial charge on any atom is 0.229 e. The van der Waals surface area contributed by atoms with Gasteiger partial charge in [-0.1, -0.05) is 12.8 Å². The fourth-order valence-electron chi connectivity index (χ4n) is 5.63. The predicted molar refractivity (Wildman–Crippen MR) is 118 cm³/mol. The third-order valence-electron chi connectivity index (χ3n) is 7.32. The molecule has 7 heteroatoms. The predicted octanol–water partition coefficient (Wildman–Crippen LogP) is 2.95. The second-order valence-corrected chi connectivity index (χ2v) is 9.54. The topological polar surface area (TPSA) is 80.5 Å². The number of aromatic nitrogens is 1. The molecule has 0 radical (unpaired) electrons. The summed E-state index contributed by atoms with van der Waals surface area (Å²) in [6, 6.07) is 6.14. The van der Waals surface area contributed by atoms with Crippen molar-refractivity contribution >= 4 is 17.6 Å². The summed E-state index contributed by atoms with van der Waals surface area (Å²) in [4.78, 5) is 35.8. The fourth-order valence-corrected chi connectivity index (χ4v) is 5.63. The second kappa shape index (κ2) is 9.35. The van der Waals surface area contributed by atoms with Crippen LogP contribution in [-0.4, -0.2) is 65.4 Å². The van der Waals surface area contributed by atoms with Crippen molar-refractivity contribution in [2.75, 3.05) is 37.6 Å². The molecule has 4 rings (SSSR count). The minimum Gasteiger partial charge on any atom is -0.350 e. The summed E-state index contributed by atoms with van der Waals surface area (Å²) >= 11 is 0. The Labute approximate surface area is 185 Å². The number of nitriles is 1. The minimum atomic E-state index is -0.0144. The standard InChI is InChI=1S/C24H33N5O2/c1-19-18-27(13-14-28(19)23-20(17-25)7-6-10-26-23)11-4-5-12-29-21(30)15-24(16-22(29)31)8-2-3-9-24/h6-7,10,19H,2-5,8-9,11-16,18H2,1H3. The van der Waals surface area contributed by atoms with Crippen LogP contribution in [0.1, 0.15) is 63.9 Å². The number of piperidine rings is 1. The molecule has 7 nitrogen and oxygen atoms in total. The zero-order valence-corrected chi connectivity index (χ0v) is 18.6. The smallest absolute Gasteiger partial charge is 0.229 e. The Morgan fingerprint density at radius 2 is 1.84 bits per heavy atom. The van der Waals surface area contributed by atoms with E-state index in [9.17, 15) is 14.9 Å². The molecule has 0 N–H and O–H groups in total. The molecular weight excluding hydrogens is 390 g/mol. The van der Waals surface area contributed by atoms with Crippen molar-refractivity contribution < 1.29 is 9.59 Å². The number of hydrogen-bond donors (Lipinski definition) is 0. The van der Waals surface area contributed by atoms with Crippen molar-refractivity contribution in [2.45, 2.75) is 64.3 Å². The molecule has 166 valence electrons. The van der Waals surface area contributed by atoms with Crippen LogP contribution in [0.3, 0.4) is 0 Å². The number of carbonyl (C=O) groups is 2. The van der Waals surface area contributed by atoms with E-state index in [1.54, 1.807) is 12.3 Å². The molecule has 1 atom stereocenters. The zero-order chi connectivity index (χ0) is 21.8. The van der Waals surface area contributed by atoms with E-state index in [1.807, 2.05) is 6.07 Å². The number of pyridine rings is 1. The first-order valence-corrected chi connectivity index (χ1v) is 11.7. The van der Waals surface area contributed by atoms with Crippen LogP contribution < -0.4 is 4.90 Å². The van der Waals surface area contributed by atoms with Gasteiger partial charge in [-0.15, -0.1) is 0 Å². The molecule has 2 amide bonds. The summed E-state index contributed by atoms with van der Waals surface area (Å²) in [5.41, 5.74) is 0.609. The van der Waals surface area contributed by atoms with Crippen molar-refractivity contribution in [1.82, 2.24) is 14.8 Å². The molecule has 1 saturated carbocycles. The normalized spacial score (nSPS) is 24.1. The van der Waals surface area contributed by atoms with Crippen LogP contribution >= 0.6 is 0 Å². The number of nitrogens with zero attached hydrogens (tertiary/aromatic N) is 5. The lowest BCUT2D eigenvalue weighted by Gasteiger charge is -2.41. The quantitative estimate of drug-likeness (QED) is 0.517. The Hall–Kier alpha value is -2.46. The summed E-state index contributed by atoms with van der Waals surface area (Å²) in [6.07, 6.45) is 9.10. The molecule has 1 aliphatic carbocycles. The first-order valence-electron chi connectivity index (χ1n) is 11.7. The Kier molecular flexibility index (Phi) is 6.57. The summed E-state index contributed by atoms with van der Waals surface area (Å²) in [5.74, 6) is 0.868. The maximum absolute atomic E-state index is 12.6. The van der Waals surface area contributed by atoms with E-state index in [2.05, 4.69) is 27.8 Å². The van der Waals surface area contributed by atoms with Crippen LogP contribution in [0.25, 0.3) is 0 Å². The lowest BCUT2D eigenvalue weighted by molar-refractivity contribution is -0.153. The molecule has 2 saturated heterocycles. The van der Waals surface area contributed by atoms with Crippen LogP contribution in [0.2, 0.25) is 0 Å². The van der Waals surface area contributed by atoms with Crippen LogP contribution in [0, 0.1) is 16.7 Å². The van der Waals surface area contributed by atoms with Crippen molar-refractivity contribution in [3.63, 3.8) is 0 Å². The van der Waals surface area contributed by atoms with Gasteiger partial charge in [-0.3, -0.25) is 19.4 Å². The number of amides is 2. The number of anilines is 1. The van der Waals surface area contributed by atoms with Gasteiger partial charge in [-0.05, 0) is 56.7 Å². The molecule has 1 unspecified atom stereocenters. The highest BCUT2D eigenvalue weighted by atomic mass is 16.2. The molecule has 1 aromatic rings. The Bertz CT molecular complexity index is 838. The van der Waals surface area contributed by atoms with Gasteiger partial charge >= 0.3 is 0 Å². The van der Waals surface area contributed by atoms with Crippen molar-refractivity contribution in [3.05, 3.63) is 23.9 Å². The van der Waals surface area contributed by atoms with Crippen LogP contribution in [0.5, 0.6) is 0 Å². The molecule has 3 aliphatic rings. The molecule has 2 aliphatic heterocycles. The molecule has 31 heavy (non-hydrogen) atoms. The van der Waals surface area contributed by atoms with E-state index in [4.69, 9.17) is 0 Å². The highest BCUT2D eigenvalue weighted by Gasteiger charge is 2.44. The third-order valence-corrected chi connectivity index (χ3v) is 7.32. The largest absolute Gasteiger partial charge is 0.350 e. The first-order chi connectivity index (χ1) is 15.0. The van der Waals surface area contributed by atoms with Crippen LogP contribution in [-0.2, 0) is 9.59 Å². The second-order valence-electron chi connectivity index (χ2n) is 9.54. The Balaban J connectivity index is 1.21. The lowest BCUT2D eigenvalue weighted by Crippen LogP contribution is -2.52. The van der Waals surface area contributed by atoms with Gasteiger partial charge in [0.05, 0.1) is 5.56 Å². The highest BCUT2D eigenvalue weighted by Crippen LogP contribution is 2.46. The van der Waals surface area contributed by atoms with Crippen LogP contribution in [0.4, 0.5) is 5.82 Å². The van der Waals surface area contributed by atoms with E-state index < -0.39 is 0 Å². The van der Waals surface area contributed by atoms with E-state index in [-0.39, 0.29) is 23.3 Å². The SMILES string of the molecule is CC1CN(CCCCN2C(=O)CC3(CCCC3)CC2=O)CCN1c1ncccc1C#N. The molecule has 1 aromatic heterocycles. The van der Waals surface area contributed by atoms with Gasteiger partial charge in [0.1, 0.15) is 11.9 Å². The van der Waals surface area contributed by atoms with Gasteiger partial charge in [0.15, 0.2) is 0 Å². The summed E-state index contributed by atoms with van der Waals surface area (Å²) < 4.78 is 0. The maximum atomic E-state index is 12.6. The van der Waals surface area contributed by atoms with E-state index in [1.165, 1.54) is 4.90 Å². The number of imide groups is 1. The number of carbonyl (C=O) groups excluding carboxylic acids is 2. The van der Waals surface area contributed by atoms with E-state index in [0.29, 0.717) is 24.9 Å². The van der Waals surface area contributed by atoms with Crippen molar-refractivity contribution in [2.24, 2.45) is 5.41 Å². The van der Waals surface area contributed by atoms with Crippen LogP contribution in [0.15, 0.2) is 18.3 Å².